The Balaban J connectivity index is 2.54. The molecule has 0 fully saturated rings. The van der Waals surface area contributed by atoms with Crippen molar-refractivity contribution in [2.24, 2.45) is 0 Å². The van der Waals surface area contributed by atoms with Gasteiger partial charge in [-0.3, -0.25) is 4.79 Å². The van der Waals surface area contributed by atoms with E-state index in [1.54, 1.807) is 19.9 Å². The van der Waals surface area contributed by atoms with Gasteiger partial charge in [-0.05, 0) is 37.0 Å². The van der Waals surface area contributed by atoms with E-state index in [0.29, 0.717) is 5.92 Å². The molecule has 0 aliphatic heterocycles. The molecule has 1 amide bonds. The van der Waals surface area contributed by atoms with Gasteiger partial charge in [0.05, 0.1) is 5.60 Å². The standard InChI is InChI=1S/C16H23NO2/c1-12(2)14-8-5-13(6-9-14)7-10-15(18)17-11-16(3,4)19/h5-10,12,19H,11H2,1-4H3,(H,17,18). The largest absolute Gasteiger partial charge is 0.389 e. The highest BCUT2D eigenvalue weighted by atomic mass is 16.3. The Morgan fingerprint density at radius 1 is 1.32 bits per heavy atom. The van der Waals surface area contributed by atoms with Crippen LogP contribution in [0.1, 0.15) is 44.7 Å². The lowest BCUT2D eigenvalue weighted by Gasteiger charge is -2.16. The van der Waals surface area contributed by atoms with Crippen LogP contribution in [0, 0.1) is 0 Å². The lowest BCUT2D eigenvalue weighted by atomic mass is 10.0. The molecule has 0 saturated heterocycles. The van der Waals surface area contributed by atoms with E-state index in [1.807, 2.05) is 12.1 Å². The van der Waals surface area contributed by atoms with Crippen molar-refractivity contribution in [1.82, 2.24) is 5.32 Å². The minimum absolute atomic E-state index is 0.199. The van der Waals surface area contributed by atoms with E-state index in [2.05, 4.69) is 31.3 Å². The van der Waals surface area contributed by atoms with Crippen molar-refractivity contribution in [3.8, 4) is 0 Å². The predicted octanol–water partition coefficient (Wildman–Crippen LogP) is 2.71. The van der Waals surface area contributed by atoms with Crippen LogP contribution in [0.25, 0.3) is 6.08 Å². The van der Waals surface area contributed by atoms with Gasteiger partial charge in [-0.15, -0.1) is 0 Å². The van der Waals surface area contributed by atoms with Gasteiger partial charge in [-0.2, -0.15) is 0 Å². The lowest BCUT2D eigenvalue weighted by Crippen LogP contribution is -2.37. The minimum Gasteiger partial charge on any atom is -0.389 e. The quantitative estimate of drug-likeness (QED) is 0.801. The van der Waals surface area contributed by atoms with Gasteiger partial charge >= 0.3 is 0 Å². The molecule has 3 nitrogen and oxygen atoms in total. The Morgan fingerprint density at radius 2 is 1.89 bits per heavy atom. The molecule has 0 aliphatic rings. The topological polar surface area (TPSA) is 49.3 Å². The molecular weight excluding hydrogens is 238 g/mol. The maximum atomic E-state index is 11.5. The molecule has 1 rings (SSSR count). The van der Waals surface area contributed by atoms with E-state index in [9.17, 15) is 9.90 Å². The smallest absolute Gasteiger partial charge is 0.244 e. The third-order valence-corrected chi connectivity index (χ3v) is 2.73. The van der Waals surface area contributed by atoms with Gasteiger partial charge in [0.25, 0.3) is 0 Å². The molecule has 0 saturated carbocycles. The Kier molecular flexibility index (Phi) is 5.31. The minimum atomic E-state index is -0.886. The van der Waals surface area contributed by atoms with E-state index in [-0.39, 0.29) is 12.5 Å². The van der Waals surface area contributed by atoms with Crippen molar-refractivity contribution < 1.29 is 9.90 Å². The normalized spacial score (nSPS) is 12.1. The second-order valence-corrected chi connectivity index (χ2v) is 5.68. The average Bonchev–Trinajstić information content (AvgIpc) is 2.33. The average molecular weight is 261 g/mol. The Bertz CT molecular complexity index is 439. The van der Waals surface area contributed by atoms with E-state index < -0.39 is 5.60 Å². The molecule has 0 bridgehead atoms. The summed E-state index contributed by atoms with van der Waals surface area (Å²) < 4.78 is 0. The van der Waals surface area contributed by atoms with Crippen molar-refractivity contribution in [1.29, 1.82) is 0 Å². The van der Waals surface area contributed by atoms with Crippen LogP contribution in [0.5, 0.6) is 0 Å². The molecule has 0 atom stereocenters. The number of carbonyl (C=O) groups is 1. The SMILES string of the molecule is CC(C)c1ccc(C=CC(=O)NCC(C)(C)O)cc1. The second-order valence-electron chi connectivity index (χ2n) is 5.68. The third kappa shape index (κ3) is 6.20. The van der Waals surface area contributed by atoms with Gasteiger partial charge in [0.15, 0.2) is 0 Å². The van der Waals surface area contributed by atoms with Crippen LogP contribution in [0.2, 0.25) is 0 Å². The Labute approximate surface area is 115 Å². The monoisotopic (exact) mass is 261 g/mol. The van der Waals surface area contributed by atoms with E-state index >= 15 is 0 Å². The fraction of sp³-hybridized carbons (Fsp3) is 0.438. The number of benzene rings is 1. The molecule has 0 aliphatic carbocycles. The first-order valence-electron chi connectivity index (χ1n) is 6.56. The zero-order chi connectivity index (χ0) is 14.5. The van der Waals surface area contributed by atoms with E-state index in [4.69, 9.17) is 0 Å². The fourth-order valence-electron chi connectivity index (χ4n) is 1.53. The van der Waals surface area contributed by atoms with Crippen LogP contribution in [0.4, 0.5) is 0 Å². The molecule has 3 heteroatoms. The van der Waals surface area contributed by atoms with Crippen LogP contribution in [-0.2, 0) is 4.79 Å². The lowest BCUT2D eigenvalue weighted by molar-refractivity contribution is -0.117. The molecule has 0 spiro atoms. The molecule has 2 N–H and O–H groups in total. The van der Waals surface area contributed by atoms with Gasteiger partial charge in [0, 0.05) is 12.6 Å². The highest BCUT2D eigenvalue weighted by Crippen LogP contribution is 2.15. The zero-order valence-corrected chi connectivity index (χ0v) is 12.1. The van der Waals surface area contributed by atoms with Gasteiger partial charge < -0.3 is 10.4 Å². The number of hydrogen-bond acceptors (Lipinski definition) is 2. The number of rotatable bonds is 5. The van der Waals surface area contributed by atoms with Crippen molar-refractivity contribution in [2.75, 3.05) is 6.54 Å². The molecule has 0 unspecified atom stereocenters. The Hall–Kier alpha value is -1.61. The van der Waals surface area contributed by atoms with Crippen molar-refractivity contribution in [3.63, 3.8) is 0 Å². The van der Waals surface area contributed by atoms with Crippen LogP contribution in [0.3, 0.4) is 0 Å². The highest BCUT2D eigenvalue weighted by molar-refractivity contribution is 5.91. The zero-order valence-electron chi connectivity index (χ0n) is 12.1. The maximum Gasteiger partial charge on any atom is 0.244 e. The first kappa shape index (κ1) is 15.4. The summed E-state index contributed by atoms with van der Waals surface area (Å²) in [6.45, 7) is 7.84. The summed E-state index contributed by atoms with van der Waals surface area (Å²) in [6.07, 6.45) is 3.25. The summed E-state index contributed by atoms with van der Waals surface area (Å²) >= 11 is 0. The summed E-state index contributed by atoms with van der Waals surface area (Å²) in [5.41, 5.74) is 1.38. The molecule has 104 valence electrons. The summed E-state index contributed by atoms with van der Waals surface area (Å²) in [5, 5.41) is 12.1. The van der Waals surface area contributed by atoms with Crippen LogP contribution < -0.4 is 5.32 Å². The maximum absolute atomic E-state index is 11.5. The number of carbonyl (C=O) groups excluding carboxylic acids is 1. The Morgan fingerprint density at radius 3 is 2.37 bits per heavy atom. The van der Waals surface area contributed by atoms with Crippen molar-refractivity contribution in [2.45, 2.75) is 39.2 Å². The van der Waals surface area contributed by atoms with Crippen LogP contribution in [0.15, 0.2) is 30.3 Å². The molecule has 1 aromatic carbocycles. The van der Waals surface area contributed by atoms with Gasteiger partial charge in [0.1, 0.15) is 0 Å². The third-order valence-electron chi connectivity index (χ3n) is 2.73. The number of nitrogens with one attached hydrogen (secondary N) is 1. The fourth-order valence-corrected chi connectivity index (χ4v) is 1.53. The number of amides is 1. The first-order valence-corrected chi connectivity index (χ1v) is 6.56. The summed E-state index contributed by atoms with van der Waals surface area (Å²) in [6, 6.07) is 8.13. The number of hydrogen-bond donors (Lipinski definition) is 2. The molecule has 0 heterocycles. The molecular formula is C16H23NO2. The van der Waals surface area contributed by atoms with E-state index in [1.165, 1.54) is 11.6 Å². The van der Waals surface area contributed by atoms with Crippen molar-refractivity contribution in [3.05, 3.63) is 41.5 Å². The highest BCUT2D eigenvalue weighted by Gasteiger charge is 2.12. The molecule has 0 radical (unpaired) electrons. The molecule has 1 aromatic rings. The van der Waals surface area contributed by atoms with Gasteiger partial charge in [-0.1, -0.05) is 38.1 Å². The first-order chi connectivity index (χ1) is 8.78. The van der Waals surface area contributed by atoms with Crippen LogP contribution in [-0.4, -0.2) is 23.2 Å². The van der Waals surface area contributed by atoms with Gasteiger partial charge in [0.2, 0.25) is 5.91 Å². The summed E-state index contributed by atoms with van der Waals surface area (Å²) in [4.78, 5) is 11.5. The van der Waals surface area contributed by atoms with Gasteiger partial charge in [-0.25, -0.2) is 0 Å². The summed E-state index contributed by atoms with van der Waals surface area (Å²) in [7, 11) is 0. The van der Waals surface area contributed by atoms with E-state index in [0.717, 1.165) is 5.56 Å². The summed E-state index contributed by atoms with van der Waals surface area (Å²) in [5.74, 6) is 0.308. The number of aliphatic hydroxyl groups is 1. The second kappa shape index (κ2) is 6.53. The predicted molar refractivity (Wildman–Crippen MR) is 78.9 cm³/mol. The molecule has 19 heavy (non-hydrogen) atoms. The van der Waals surface area contributed by atoms with Crippen molar-refractivity contribution >= 4 is 12.0 Å². The molecule has 0 aromatic heterocycles. The van der Waals surface area contributed by atoms with Crippen LogP contribution >= 0.6 is 0 Å².